The Morgan fingerprint density at radius 2 is 2.18 bits per heavy atom. The zero-order valence-electron chi connectivity index (χ0n) is 10.1. The van der Waals surface area contributed by atoms with Crippen molar-refractivity contribution in [3.63, 3.8) is 0 Å². The summed E-state index contributed by atoms with van der Waals surface area (Å²) < 4.78 is 4.97. The normalized spacial score (nSPS) is 22.7. The van der Waals surface area contributed by atoms with Crippen LogP contribution in [0.4, 0.5) is 0 Å². The molecule has 0 aromatic heterocycles. The van der Waals surface area contributed by atoms with Crippen molar-refractivity contribution in [3.8, 4) is 11.5 Å². The number of rotatable bonds is 3. The maximum atomic E-state index is 11.9. The first-order chi connectivity index (χ1) is 8.10. The minimum absolute atomic E-state index is 0.0470. The summed E-state index contributed by atoms with van der Waals surface area (Å²) in [5.74, 6) is 0.956. The van der Waals surface area contributed by atoms with E-state index in [0.717, 1.165) is 12.8 Å². The Labute approximate surface area is 101 Å². The Morgan fingerprint density at radius 1 is 1.47 bits per heavy atom. The summed E-state index contributed by atoms with van der Waals surface area (Å²) in [4.78, 5) is 11.9. The lowest BCUT2D eigenvalue weighted by atomic mass is 9.82. The van der Waals surface area contributed by atoms with Crippen LogP contribution in [-0.4, -0.2) is 24.2 Å². The highest BCUT2D eigenvalue weighted by Crippen LogP contribution is 2.28. The molecule has 1 saturated carbocycles. The number of nitrogens with one attached hydrogen (secondary N) is 1. The zero-order valence-corrected chi connectivity index (χ0v) is 10.1. The summed E-state index contributed by atoms with van der Waals surface area (Å²) in [6.45, 7) is 2.16. The van der Waals surface area contributed by atoms with Crippen LogP contribution in [0.25, 0.3) is 0 Å². The molecule has 0 saturated heterocycles. The highest BCUT2D eigenvalue weighted by molar-refractivity contribution is 5.97. The standard InChI is InChI=1S/C13H17NO3/c1-8-5-9(6-8)14-13(16)11-4-3-10(17-2)7-12(11)15/h3-4,7-9,15H,5-6H2,1-2H3,(H,14,16). The van der Waals surface area contributed by atoms with E-state index < -0.39 is 0 Å². The lowest BCUT2D eigenvalue weighted by Crippen LogP contribution is -2.43. The van der Waals surface area contributed by atoms with Gasteiger partial charge >= 0.3 is 0 Å². The van der Waals surface area contributed by atoms with Crippen molar-refractivity contribution >= 4 is 5.91 Å². The Morgan fingerprint density at radius 3 is 2.71 bits per heavy atom. The summed E-state index contributed by atoms with van der Waals surface area (Å²) in [6.07, 6.45) is 2.03. The third kappa shape index (κ3) is 2.52. The minimum atomic E-state index is -0.220. The Hall–Kier alpha value is -1.71. The molecular formula is C13H17NO3. The number of benzene rings is 1. The lowest BCUT2D eigenvalue weighted by Gasteiger charge is -2.33. The maximum absolute atomic E-state index is 11.9. The van der Waals surface area contributed by atoms with Crippen molar-refractivity contribution in [1.82, 2.24) is 5.32 Å². The second kappa shape index (κ2) is 4.65. The van der Waals surface area contributed by atoms with Gasteiger partial charge in [-0.05, 0) is 30.9 Å². The van der Waals surface area contributed by atoms with Gasteiger partial charge in [-0.2, -0.15) is 0 Å². The average Bonchev–Trinajstić information content (AvgIpc) is 2.26. The molecule has 1 aromatic rings. The first-order valence-electron chi connectivity index (χ1n) is 5.78. The van der Waals surface area contributed by atoms with E-state index in [2.05, 4.69) is 12.2 Å². The van der Waals surface area contributed by atoms with E-state index in [4.69, 9.17) is 4.74 Å². The Bertz CT molecular complexity index is 425. The van der Waals surface area contributed by atoms with Gasteiger partial charge in [0, 0.05) is 12.1 Å². The summed E-state index contributed by atoms with van der Waals surface area (Å²) in [6, 6.07) is 4.93. The Balaban J connectivity index is 2.03. The molecule has 0 radical (unpaired) electrons. The molecule has 0 bridgehead atoms. The molecule has 2 N–H and O–H groups in total. The third-order valence-electron chi connectivity index (χ3n) is 3.16. The van der Waals surface area contributed by atoms with Crippen LogP contribution in [0.3, 0.4) is 0 Å². The molecule has 0 unspecified atom stereocenters. The summed E-state index contributed by atoms with van der Waals surface area (Å²) in [7, 11) is 1.52. The van der Waals surface area contributed by atoms with Gasteiger partial charge in [0.25, 0.3) is 5.91 Å². The first kappa shape index (κ1) is 11.8. The monoisotopic (exact) mass is 235 g/mol. The third-order valence-corrected chi connectivity index (χ3v) is 3.16. The molecule has 1 amide bonds. The second-order valence-corrected chi connectivity index (χ2v) is 4.63. The largest absolute Gasteiger partial charge is 0.507 e. The van der Waals surface area contributed by atoms with Crippen LogP contribution in [0.1, 0.15) is 30.1 Å². The van der Waals surface area contributed by atoms with Crippen LogP contribution in [0, 0.1) is 5.92 Å². The first-order valence-corrected chi connectivity index (χ1v) is 5.78. The van der Waals surface area contributed by atoms with E-state index >= 15 is 0 Å². The van der Waals surface area contributed by atoms with Crippen LogP contribution in [0.2, 0.25) is 0 Å². The fourth-order valence-electron chi connectivity index (χ4n) is 2.11. The van der Waals surface area contributed by atoms with Gasteiger partial charge < -0.3 is 15.2 Å². The molecule has 1 aromatic carbocycles. The fourth-order valence-corrected chi connectivity index (χ4v) is 2.11. The molecule has 4 heteroatoms. The van der Waals surface area contributed by atoms with Gasteiger partial charge in [0.2, 0.25) is 0 Å². The number of ether oxygens (including phenoxy) is 1. The van der Waals surface area contributed by atoms with Gasteiger partial charge in [-0.25, -0.2) is 0 Å². The molecule has 0 spiro atoms. The van der Waals surface area contributed by atoms with Crippen molar-refractivity contribution in [2.75, 3.05) is 7.11 Å². The predicted octanol–water partition coefficient (Wildman–Crippen LogP) is 1.93. The molecule has 0 heterocycles. The number of carbonyl (C=O) groups excluding carboxylic acids is 1. The summed E-state index contributed by atoms with van der Waals surface area (Å²) >= 11 is 0. The van der Waals surface area contributed by atoms with Crippen LogP contribution in [0.15, 0.2) is 18.2 Å². The van der Waals surface area contributed by atoms with E-state index in [1.807, 2.05) is 0 Å². The highest BCUT2D eigenvalue weighted by Gasteiger charge is 2.27. The van der Waals surface area contributed by atoms with Crippen LogP contribution in [-0.2, 0) is 0 Å². The van der Waals surface area contributed by atoms with Gasteiger partial charge in [-0.1, -0.05) is 6.92 Å². The van der Waals surface area contributed by atoms with Crippen LogP contribution >= 0.6 is 0 Å². The highest BCUT2D eigenvalue weighted by atomic mass is 16.5. The number of hydrogen-bond donors (Lipinski definition) is 2. The van der Waals surface area contributed by atoms with E-state index in [0.29, 0.717) is 17.2 Å². The van der Waals surface area contributed by atoms with Crippen molar-refractivity contribution in [2.24, 2.45) is 5.92 Å². The summed E-state index contributed by atoms with van der Waals surface area (Å²) in [5.41, 5.74) is 0.297. The number of phenolic OH excluding ortho intramolecular Hbond substituents is 1. The minimum Gasteiger partial charge on any atom is -0.507 e. The van der Waals surface area contributed by atoms with Crippen LogP contribution in [0.5, 0.6) is 11.5 Å². The average molecular weight is 235 g/mol. The van der Waals surface area contributed by atoms with E-state index in [1.54, 1.807) is 12.1 Å². The predicted molar refractivity (Wildman–Crippen MR) is 64.3 cm³/mol. The van der Waals surface area contributed by atoms with Crippen molar-refractivity contribution < 1.29 is 14.6 Å². The SMILES string of the molecule is COc1ccc(C(=O)NC2CC(C)C2)c(O)c1. The zero-order chi connectivity index (χ0) is 12.4. The Kier molecular flexibility index (Phi) is 3.22. The maximum Gasteiger partial charge on any atom is 0.255 e. The van der Waals surface area contributed by atoms with E-state index in [-0.39, 0.29) is 17.7 Å². The molecule has 92 valence electrons. The van der Waals surface area contributed by atoms with E-state index in [1.165, 1.54) is 13.2 Å². The van der Waals surface area contributed by atoms with Gasteiger partial charge in [0.15, 0.2) is 0 Å². The number of carbonyl (C=O) groups is 1. The van der Waals surface area contributed by atoms with Crippen LogP contribution < -0.4 is 10.1 Å². The van der Waals surface area contributed by atoms with E-state index in [9.17, 15) is 9.90 Å². The lowest BCUT2D eigenvalue weighted by molar-refractivity contribution is 0.0893. The molecule has 2 rings (SSSR count). The van der Waals surface area contributed by atoms with Crippen molar-refractivity contribution in [1.29, 1.82) is 0 Å². The molecule has 0 aliphatic heterocycles. The molecule has 17 heavy (non-hydrogen) atoms. The topological polar surface area (TPSA) is 58.6 Å². The van der Waals surface area contributed by atoms with Crippen molar-refractivity contribution in [2.45, 2.75) is 25.8 Å². The molecule has 1 aliphatic rings. The number of amides is 1. The number of phenols is 1. The molecule has 1 aliphatic carbocycles. The number of methoxy groups -OCH3 is 1. The molecular weight excluding hydrogens is 218 g/mol. The quantitative estimate of drug-likeness (QED) is 0.841. The van der Waals surface area contributed by atoms with Gasteiger partial charge in [0.05, 0.1) is 12.7 Å². The van der Waals surface area contributed by atoms with Gasteiger partial charge in [-0.3, -0.25) is 4.79 Å². The molecule has 0 atom stereocenters. The summed E-state index contributed by atoms with van der Waals surface area (Å²) in [5, 5.41) is 12.6. The van der Waals surface area contributed by atoms with Gasteiger partial charge in [-0.15, -0.1) is 0 Å². The second-order valence-electron chi connectivity index (χ2n) is 4.63. The smallest absolute Gasteiger partial charge is 0.255 e. The number of aromatic hydroxyl groups is 1. The molecule has 4 nitrogen and oxygen atoms in total. The van der Waals surface area contributed by atoms with Crippen molar-refractivity contribution in [3.05, 3.63) is 23.8 Å². The fraction of sp³-hybridized carbons (Fsp3) is 0.462. The molecule has 1 fully saturated rings. The number of hydrogen-bond acceptors (Lipinski definition) is 3. The van der Waals surface area contributed by atoms with Gasteiger partial charge in [0.1, 0.15) is 11.5 Å².